The van der Waals surface area contributed by atoms with Crippen LogP contribution in [-0.4, -0.2) is 21.2 Å². The maximum absolute atomic E-state index is 13.8. The molecule has 0 bridgehead atoms. The molecule has 104 valence electrons. The van der Waals surface area contributed by atoms with Crippen LogP contribution in [0.3, 0.4) is 0 Å². The molecule has 0 saturated heterocycles. The summed E-state index contributed by atoms with van der Waals surface area (Å²) < 4.78 is 19.1. The normalized spacial score (nSPS) is 14.4. The predicted octanol–water partition coefficient (Wildman–Crippen LogP) is 2.04. The van der Waals surface area contributed by atoms with E-state index in [9.17, 15) is 14.5 Å². The Labute approximate surface area is 113 Å². The van der Waals surface area contributed by atoms with Crippen molar-refractivity contribution in [2.75, 3.05) is 0 Å². The molecule has 0 radical (unpaired) electrons. The van der Waals surface area contributed by atoms with E-state index in [1.807, 2.05) is 0 Å². The zero-order chi connectivity index (χ0) is 14.1. The van der Waals surface area contributed by atoms with Gasteiger partial charge in [0, 0.05) is 12.1 Å². The molecule has 1 N–H and O–H groups in total. The van der Waals surface area contributed by atoms with Crippen molar-refractivity contribution in [2.45, 2.75) is 25.4 Å². The molecule has 8 heteroatoms. The van der Waals surface area contributed by atoms with E-state index in [1.165, 1.54) is 12.1 Å². The molecule has 1 aliphatic rings. The molecule has 0 atom stereocenters. The molecule has 0 amide bonds. The third kappa shape index (κ3) is 2.64. The first kappa shape index (κ1) is 12.7. The third-order valence-corrected chi connectivity index (χ3v) is 2.98. The summed E-state index contributed by atoms with van der Waals surface area (Å²) in [7, 11) is 0. The molecule has 1 saturated carbocycles. The number of aromatic nitrogens is 2. The number of hydrogen-bond acceptors (Lipinski definition) is 6. The molecule has 1 fully saturated rings. The first-order chi connectivity index (χ1) is 9.63. The monoisotopic (exact) mass is 278 g/mol. The molecule has 20 heavy (non-hydrogen) atoms. The number of nitrogens with one attached hydrogen (secondary N) is 1. The Hall–Kier alpha value is -2.35. The zero-order valence-corrected chi connectivity index (χ0v) is 10.4. The molecule has 1 aromatic carbocycles. The Balaban J connectivity index is 1.79. The lowest BCUT2D eigenvalue weighted by molar-refractivity contribution is -0.385. The second-order valence-corrected chi connectivity index (χ2v) is 4.58. The van der Waals surface area contributed by atoms with Gasteiger partial charge in [-0.15, -0.1) is 10.2 Å². The van der Waals surface area contributed by atoms with Crippen molar-refractivity contribution in [3.63, 3.8) is 0 Å². The van der Waals surface area contributed by atoms with E-state index in [2.05, 4.69) is 15.5 Å². The fraction of sp³-hybridized carbons (Fsp3) is 0.333. The summed E-state index contributed by atoms with van der Waals surface area (Å²) >= 11 is 0. The zero-order valence-electron chi connectivity index (χ0n) is 10.4. The summed E-state index contributed by atoms with van der Waals surface area (Å²) in [6, 6.07) is 3.80. The van der Waals surface area contributed by atoms with Crippen LogP contribution in [0, 0.1) is 15.9 Å². The highest BCUT2D eigenvalue weighted by Gasteiger charge is 2.22. The van der Waals surface area contributed by atoms with Crippen LogP contribution in [0.2, 0.25) is 0 Å². The number of benzene rings is 1. The van der Waals surface area contributed by atoms with Gasteiger partial charge in [0.15, 0.2) is 0 Å². The number of rotatable bonds is 5. The fourth-order valence-corrected chi connectivity index (χ4v) is 1.74. The second kappa shape index (κ2) is 4.97. The molecule has 0 spiro atoms. The summed E-state index contributed by atoms with van der Waals surface area (Å²) in [5.41, 5.74) is -0.262. The van der Waals surface area contributed by atoms with Crippen LogP contribution in [0.5, 0.6) is 0 Å². The fourth-order valence-electron chi connectivity index (χ4n) is 1.74. The van der Waals surface area contributed by atoms with Gasteiger partial charge in [-0.25, -0.2) is 4.39 Å². The minimum absolute atomic E-state index is 0.0185. The average Bonchev–Trinajstić information content (AvgIpc) is 3.14. The highest BCUT2D eigenvalue weighted by molar-refractivity contribution is 5.56. The van der Waals surface area contributed by atoms with Crippen LogP contribution in [0.15, 0.2) is 22.6 Å². The third-order valence-electron chi connectivity index (χ3n) is 2.98. The number of hydrogen-bond donors (Lipinski definition) is 1. The lowest BCUT2D eigenvalue weighted by atomic mass is 10.2. The van der Waals surface area contributed by atoms with Crippen molar-refractivity contribution in [1.29, 1.82) is 0 Å². The first-order valence-corrected chi connectivity index (χ1v) is 6.13. The van der Waals surface area contributed by atoms with E-state index in [1.54, 1.807) is 0 Å². The van der Waals surface area contributed by atoms with Gasteiger partial charge in [-0.1, -0.05) is 0 Å². The highest BCUT2D eigenvalue weighted by atomic mass is 19.1. The van der Waals surface area contributed by atoms with E-state index in [0.29, 0.717) is 18.5 Å². The van der Waals surface area contributed by atoms with Crippen LogP contribution < -0.4 is 5.32 Å². The van der Waals surface area contributed by atoms with Crippen LogP contribution in [-0.2, 0) is 6.54 Å². The summed E-state index contributed by atoms with van der Waals surface area (Å²) in [4.78, 5) is 9.88. The number of non-ortho nitro benzene ring substituents is 1. The van der Waals surface area contributed by atoms with Crippen LogP contribution in [0.25, 0.3) is 11.5 Å². The topological polar surface area (TPSA) is 94.1 Å². The molecular formula is C12H11FN4O3. The molecule has 1 aliphatic carbocycles. The van der Waals surface area contributed by atoms with Gasteiger partial charge in [0.1, 0.15) is 5.82 Å². The number of nitro groups is 1. The largest absolute Gasteiger partial charge is 0.419 e. The van der Waals surface area contributed by atoms with Gasteiger partial charge in [0.25, 0.3) is 11.6 Å². The number of halogens is 1. The first-order valence-electron chi connectivity index (χ1n) is 6.13. The van der Waals surface area contributed by atoms with Gasteiger partial charge < -0.3 is 9.73 Å². The molecule has 1 heterocycles. The van der Waals surface area contributed by atoms with Crippen molar-refractivity contribution in [2.24, 2.45) is 0 Å². The second-order valence-electron chi connectivity index (χ2n) is 4.58. The van der Waals surface area contributed by atoms with Gasteiger partial charge in [-0.05, 0) is 18.9 Å². The SMILES string of the molecule is O=[N+]([O-])c1ccc(-c2nnc(CNC3CC3)o2)c(F)c1. The highest BCUT2D eigenvalue weighted by Crippen LogP contribution is 2.25. The van der Waals surface area contributed by atoms with Gasteiger partial charge >= 0.3 is 0 Å². The Kier molecular flexibility index (Phi) is 3.15. The molecule has 7 nitrogen and oxygen atoms in total. The summed E-state index contributed by atoms with van der Waals surface area (Å²) in [6.07, 6.45) is 2.27. The maximum atomic E-state index is 13.8. The lowest BCUT2D eigenvalue weighted by Crippen LogP contribution is -2.15. The van der Waals surface area contributed by atoms with Crippen molar-refractivity contribution < 1.29 is 13.7 Å². The minimum atomic E-state index is -0.760. The number of nitro benzene ring substituents is 1. The van der Waals surface area contributed by atoms with Crippen molar-refractivity contribution in [3.05, 3.63) is 40.0 Å². The van der Waals surface area contributed by atoms with Crippen LogP contribution >= 0.6 is 0 Å². The Morgan fingerprint density at radius 1 is 1.45 bits per heavy atom. The van der Waals surface area contributed by atoms with E-state index in [-0.39, 0.29) is 17.1 Å². The maximum Gasteiger partial charge on any atom is 0.272 e. The van der Waals surface area contributed by atoms with E-state index < -0.39 is 10.7 Å². The van der Waals surface area contributed by atoms with Gasteiger partial charge in [0.2, 0.25) is 5.89 Å². The molecular weight excluding hydrogens is 267 g/mol. The predicted molar refractivity (Wildman–Crippen MR) is 66.2 cm³/mol. The molecule has 2 aromatic rings. The molecule has 1 aromatic heterocycles. The number of nitrogens with zero attached hydrogens (tertiary/aromatic N) is 3. The Morgan fingerprint density at radius 2 is 2.25 bits per heavy atom. The Bertz CT molecular complexity index is 654. The van der Waals surface area contributed by atoms with Crippen molar-refractivity contribution >= 4 is 5.69 Å². The van der Waals surface area contributed by atoms with Crippen LogP contribution in [0.1, 0.15) is 18.7 Å². The smallest absolute Gasteiger partial charge is 0.272 e. The average molecular weight is 278 g/mol. The van der Waals surface area contributed by atoms with Gasteiger partial charge in [-0.3, -0.25) is 10.1 Å². The van der Waals surface area contributed by atoms with E-state index in [0.717, 1.165) is 18.9 Å². The summed E-state index contributed by atoms with van der Waals surface area (Å²) in [6.45, 7) is 0.437. The summed E-state index contributed by atoms with van der Waals surface area (Å²) in [5, 5.41) is 21.3. The van der Waals surface area contributed by atoms with Crippen LogP contribution in [0.4, 0.5) is 10.1 Å². The lowest BCUT2D eigenvalue weighted by Gasteiger charge is -1.98. The molecule has 0 aliphatic heterocycles. The van der Waals surface area contributed by atoms with Gasteiger partial charge in [-0.2, -0.15) is 0 Å². The quantitative estimate of drug-likeness (QED) is 0.664. The minimum Gasteiger partial charge on any atom is -0.419 e. The van der Waals surface area contributed by atoms with E-state index in [4.69, 9.17) is 4.42 Å². The summed E-state index contributed by atoms with van der Waals surface area (Å²) in [5.74, 6) is -0.376. The molecule has 3 rings (SSSR count). The Morgan fingerprint density at radius 3 is 2.90 bits per heavy atom. The standard InChI is InChI=1S/C12H11FN4O3/c13-10-5-8(17(18)19)3-4-9(10)12-16-15-11(20-12)6-14-7-1-2-7/h3-5,7,14H,1-2,6H2. The van der Waals surface area contributed by atoms with Crippen molar-refractivity contribution in [3.8, 4) is 11.5 Å². The van der Waals surface area contributed by atoms with Crippen molar-refractivity contribution in [1.82, 2.24) is 15.5 Å². The molecule has 0 unspecified atom stereocenters. The van der Waals surface area contributed by atoms with E-state index >= 15 is 0 Å². The van der Waals surface area contributed by atoms with Gasteiger partial charge in [0.05, 0.1) is 23.1 Å².